The van der Waals surface area contributed by atoms with Crippen molar-refractivity contribution >= 4 is 0 Å². The smallest absolute Gasteiger partial charge is 0.140 e. The zero-order chi connectivity index (χ0) is 14.4. The number of hydrogen-bond donors (Lipinski definition) is 0. The number of aromatic nitrogens is 1. The van der Waals surface area contributed by atoms with Crippen LogP contribution in [0.15, 0.2) is 42.6 Å². The Morgan fingerprint density at radius 2 is 1.95 bits per heavy atom. The lowest BCUT2D eigenvalue weighted by atomic mass is 10.2. The summed E-state index contributed by atoms with van der Waals surface area (Å²) in [5.74, 6) is 0.867. The van der Waals surface area contributed by atoms with Crippen LogP contribution in [0.1, 0.15) is 16.8 Å². The van der Waals surface area contributed by atoms with Gasteiger partial charge >= 0.3 is 0 Å². The summed E-state index contributed by atoms with van der Waals surface area (Å²) in [6.07, 6.45) is 1.67. The number of ether oxygens (including phenoxy) is 1. The van der Waals surface area contributed by atoms with Gasteiger partial charge in [0.25, 0.3) is 0 Å². The molecule has 0 fully saturated rings. The molecule has 0 amide bonds. The lowest BCUT2D eigenvalue weighted by molar-refractivity contribution is 0.318. The van der Waals surface area contributed by atoms with Gasteiger partial charge in [-0.1, -0.05) is 12.1 Å². The van der Waals surface area contributed by atoms with Crippen molar-refractivity contribution in [1.29, 1.82) is 5.26 Å². The first-order valence-corrected chi connectivity index (χ1v) is 6.38. The van der Waals surface area contributed by atoms with Crippen LogP contribution >= 0.6 is 0 Å². The number of nitrogens with zero attached hydrogens (tertiary/aromatic N) is 3. The molecule has 0 aliphatic carbocycles. The molecule has 20 heavy (non-hydrogen) atoms. The van der Waals surface area contributed by atoms with Gasteiger partial charge in [0.1, 0.15) is 17.5 Å². The number of benzene rings is 1. The zero-order valence-corrected chi connectivity index (χ0v) is 11.7. The molecule has 2 rings (SSSR count). The quantitative estimate of drug-likeness (QED) is 0.835. The second kappa shape index (κ2) is 6.69. The normalized spacial score (nSPS) is 10.3. The molecule has 1 aromatic heterocycles. The monoisotopic (exact) mass is 267 g/mol. The number of methoxy groups -OCH3 is 1. The third-order valence-corrected chi connectivity index (χ3v) is 2.98. The van der Waals surface area contributed by atoms with Crippen molar-refractivity contribution in [2.45, 2.75) is 13.1 Å². The van der Waals surface area contributed by atoms with E-state index in [4.69, 9.17) is 10.00 Å². The molecule has 1 aromatic carbocycles. The van der Waals surface area contributed by atoms with E-state index in [0.29, 0.717) is 5.69 Å². The van der Waals surface area contributed by atoms with Crippen LogP contribution in [0, 0.1) is 11.3 Å². The van der Waals surface area contributed by atoms with Crippen molar-refractivity contribution in [2.24, 2.45) is 0 Å². The molecule has 0 bridgehead atoms. The van der Waals surface area contributed by atoms with E-state index in [-0.39, 0.29) is 0 Å². The van der Waals surface area contributed by atoms with Gasteiger partial charge in [-0.15, -0.1) is 0 Å². The molecule has 102 valence electrons. The Labute approximate surface area is 119 Å². The van der Waals surface area contributed by atoms with E-state index in [9.17, 15) is 0 Å². The summed E-state index contributed by atoms with van der Waals surface area (Å²) in [5, 5.41) is 8.85. The van der Waals surface area contributed by atoms with Crippen molar-refractivity contribution in [3.63, 3.8) is 0 Å². The van der Waals surface area contributed by atoms with Crippen LogP contribution in [-0.4, -0.2) is 24.0 Å². The lowest BCUT2D eigenvalue weighted by Gasteiger charge is -2.17. The highest BCUT2D eigenvalue weighted by Gasteiger charge is 2.04. The highest BCUT2D eigenvalue weighted by molar-refractivity contribution is 5.29. The van der Waals surface area contributed by atoms with E-state index >= 15 is 0 Å². The van der Waals surface area contributed by atoms with E-state index in [1.807, 2.05) is 37.4 Å². The first kappa shape index (κ1) is 14.0. The summed E-state index contributed by atoms with van der Waals surface area (Å²) in [5.41, 5.74) is 2.74. The van der Waals surface area contributed by atoms with Crippen molar-refractivity contribution in [3.8, 4) is 11.8 Å². The van der Waals surface area contributed by atoms with Gasteiger partial charge in [0.2, 0.25) is 0 Å². The highest BCUT2D eigenvalue weighted by Crippen LogP contribution is 2.15. The van der Waals surface area contributed by atoms with E-state index in [0.717, 1.165) is 24.4 Å². The molecule has 0 radical (unpaired) electrons. The van der Waals surface area contributed by atoms with Crippen molar-refractivity contribution < 1.29 is 4.74 Å². The SMILES string of the molecule is COc1cccc(CN(C)Cc2ccnc(C#N)c2)c1. The molecule has 2 aromatic rings. The average Bonchev–Trinajstić information content (AvgIpc) is 2.47. The van der Waals surface area contributed by atoms with Gasteiger partial charge in [-0.3, -0.25) is 4.90 Å². The minimum atomic E-state index is 0.456. The third kappa shape index (κ3) is 3.81. The van der Waals surface area contributed by atoms with Crippen LogP contribution in [0.3, 0.4) is 0 Å². The lowest BCUT2D eigenvalue weighted by Crippen LogP contribution is -2.17. The predicted molar refractivity (Wildman–Crippen MR) is 77.1 cm³/mol. The molecule has 4 heteroatoms. The summed E-state index contributed by atoms with van der Waals surface area (Å²) in [6, 6.07) is 13.8. The van der Waals surface area contributed by atoms with Gasteiger partial charge in [0.15, 0.2) is 0 Å². The topological polar surface area (TPSA) is 49.1 Å². The molecule has 0 N–H and O–H groups in total. The second-order valence-corrected chi connectivity index (χ2v) is 4.68. The fourth-order valence-electron chi connectivity index (χ4n) is 2.08. The van der Waals surface area contributed by atoms with Crippen LogP contribution in [0.25, 0.3) is 0 Å². The Kier molecular flexibility index (Phi) is 4.70. The van der Waals surface area contributed by atoms with Crippen LogP contribution < -0.4 is 4.74 Å². The standard InChI is InChI=1S/C16H17N3O/c1-19(11-13-4-3-5-16(9-13)20-2)12-14-6-7-18-15(8-14)10-17/h3-9H,11-12H2,1-2H3. The fourth-order valence-corrected chi connectivity index (χ4v) is 2.08. The highest BCUT2D eigenvalue weighted by atomic mass is 16.5. The maximum Gasteiger partial charge on any atom is 0.140 e. The summed E-state index contributed by atoms with van der Waals surface area (Å²) < 4.78 is 5.22. The molecule has 4 nitrogen and oxygen atoms in total. The van der Waals surface area contributed by atoms with Gasteiger partial charge < -0.3 is 4.74 Å². The van der Waals surface area contributed by atoms with Gasteiger partial charge in [-0.25, -0.2) is 4.98 Å². The largest absolute Gasteiger partial charge is 0.497 e. The van der Waals surface area contributed by atoms with Gasteiger partial charge in [0.05, 0.1) is 7.11 Å². The number of rotatable bonds is 5. The van der Waals surface area contributed by atoms with E-state index < -0.39 is 0 Å². The second-order valence-electron chi connectivity index (χ2n) is 4.68. The fraction of sp³-hybridized carbons (Fsp3) is 0.250. The molecule has 0 atom stereocenters. The minimum absolute atomic E-state index is 0.456. The van der Waals surface area contributed by atoms with Crippen LogP contribution in [0.4, 0.5) is 0 Å². The average molecular weight is 267 g/mol. The molecule has 0 saturated heterocycles. The molecular formula is C16H17N3O. The summed E-state index contributed by atoms with van der Waals surface area (Å²) in [7, 11) is 3.72. The summed E-state index contributed by atoms with van der Waals surface area (Å²) in [4.78, 5) is 6.16. The predicted octanol–water partition coefficient (Wildman–Crippen LogP) is 2.59. The molecule has 0 unspecified atom stereocenters. The molecule has 0 spiro atoms. The van der Waals surface area contributed by atoms with E-state index in [1.54, 1.807) is 13.3 Å². The maximum atomic E-state index is 8.85. The Morgan fingerprint density at radius 3 is 2.65 bits per heavy atom. The summed E-state index contributed by atoms with van der Waals surface area (Å²) in [6.45, 7) is 1.59. The van der Waals surface area contributed by atoms with Crippen molar-refractivity contribution in [3.05, 3.63) is 59.4 Å². The molecule has 0 saturated carbocycles. The Balaban J connectivity index is 2.01. The first-order chi connectivity index (χ1) is 9.71. The molecule has 1 heterocycles. The van der Waals surface area contributed by atoms with Crippen LogP contribution in [-0.2, 0) is 13.1 Å². The molecular weight excluding hydrogens is 250 g/mol. The Hall–Kier alpha value is -2.38. The number of pyridine rings is 1. The Bertz CT molecular complexity index is 619. The van der Waals surface area contributed by atoms with E-state index in [2.05, 4.69) is 22.0 Å². The van der Waals surface area contributed by atoms with Crippen LogP contribution in [0.2, 0.25) is 0 Å². The van der Waals surface area contributed by atoms with E-state index in [1.165, 1.54) is 5.56 Å². The Morgan fingerprint density at radius 1 is 1.20 bits per heavy atom. The molecule has 0 aliphatic rings. The van der Waals surface area contributed by atoms with Gasteiger partial charge in [-0.05, 0) is 42.4 Å². The van der Waals surface area contributed by atoms with Gasteiger partial charge in [0, 0.05) is 19.3 Å². The molecule has 0 aliphatic heterocycles. The number of hydrogen-bond acceptors (Lipinski definition) is 4. The van der Waals surface area contributed by atoms with Crippen molar-refractivity contribution in [2.75, 3.05) is 14.2 Å². The van der Waals surface area contributed by atoms with Crippen LogP contribution in [0.5, 0.6) is 5.75 Å². The third-order valence-electron chi connectivity index (χ3n) is 2.98. The zero-order valence-electron chi connectivity index (χ0n) is 11.7. The minimum Gasteiger partial charge on any atom is -0.497 e. The first-order valence-electron chi connectivity index (χ1n) is 6.38. The summed E-state index contributed by atoms with van der Waals surface area (Å²) >= 11 is 0. The van der Waals surface area contributed by atoms with Crippen molar-refractivity contribution in [1.82, 2.24) is 9.88 Å². The van der Waals surface area contributed by atoms with Gasteiger partial charge in [-0.2, -0.15) is 5.26 Å². The maximum absolute atomic E-state index is 8.85. The number of nitriles is 1.